The Labute approximate surface area is 165 Å². The second-order valence-electron chi connectivity index (χ2n) is 7.42. The number of ether oxygens (including phenoxy) is 1. The number of rotatable bonds is 6. The van der Waals surface area contributed by atoms with Crippen molar-refractivity contribution in [1.82, 2.24) is 14.5 Å². The predicted octanol–water partition coefficient (Wildman–Crippen LogP) is 3.95. The summed E-state index contributed by atoms with van der Waals surface area (Å²) in [6.45, 7) is 6.07. The van der Waals surface area contributed by atoms with E-state index in [1.54, 1.807) is 4.57 Å². The van der Waals surface area contributed by atoms with Crippen molar-refractivity contribution in [2.45, 2.75) is 32.6 Å². The number of benzene rings is 2. The second kappa shape index (κ2) is 8.57. The number of piperidine rings is 1. The van der Waals surface area contributed by atoms with Gasteiger partial charge in [0.25, 0.3) is 5.56 Å². The first kappa shape index (κ1) is 18.7. The summed E-state index contributed by atoms with van der Waals surface area (Å²) >= 11 is 0. The number of aryl methyl sites for hydroxylation is 1. The number of para-hydroxylation sites is 1. The van der Waals surface area contributed by atoms with E-state index in [1.165, 1.54) is 32.4 Å². The molecule has 0 amide bonds. The third kappa shape index (κ3) is 4.09. The molecule has 1 aliphatic rings. The lowest BCUT2D eigenvalue weighted by Crippen LogP contribution is -2.31. The summed E-state index contributed by atoms with van der Waals surface area (Å²) in [5.41, 5.74) is 1.46. The van der Waals surface area contributed by atoms with Crippen LogP contribution in [0.1, 0.15) is 31.5 Å². The van der Waals surface area contributed by atoms with Crippen molar-refractivity contribution >= 4 is 10.9 Å². The van der Waals surface area contributed by atoms with Crippen LogP contribution in [-0.4, -0.2) is 40.7 Å². The molecule has 0 saturated carbocycles. The number of likely N-dealkylation sites (tertiary alicyclic amines) is 1. The Morgan fingerprint density at radius 1 is 1.04 bits per heavy atom. The second-order valence-corrected chi connectivity index (χ2v) is 7.42. The largest absolute Gasteiger partial charge is 0.493 e. The molecule has 2 aromatic carbocycles. The van der Waals surface area contributed by atoms with E-state index in [2.05, 4.69) is 9.88 Å². The van der Waals surface area contributed by atoms with E-state index in [1.807, 2.05) is 55.5 Å². The fourth-order valence-corrected chi connectivity index (χ4v) is 3.92. The Balaban J connectivity index is 1.48. The number of hydrogen-bond donors (Lipinski definition) is 0. The van der Waals surface area contributed by atoms with Crippen LogP contribution in [0.5, 0.6) is 5.75 Å². The normalized spacial score (nSPS) is 15.0. The van der Waals surface area contributed by atoms with Gasteiger partial charge in [0.1, 0.15) is 11.6 Å². The van der Waals surface area contributed by atoms with E-state index in [0.717, 1.165) is 29.9 Å². The highest BCUT2D eigenvalue weighted by atomic mass is 16.5. The lowest BCUT2D eigenvalue weighted by atomic mass is 10.1. The molecule has 146 valence electrons. The van der Waals surface area contributed by atoms with Gasteiger partial charge in [0.05, 0.1) is 23.2 Å². The molecular formula is C23H27N3O2. The molecule has 0 spiro atoms. The van der Waals surface area contributed by atoms with Crippen molar-refractivity contribution in [3.63, 3.8) is 0 Å². The summed E-state index contributed by atoms with van der Waals surface area (Å²) in [5.74, 6) is 1.46. The molecule has 1 fully saturated rings. The summed E-state index contributed by atoms with van der Waals surface area (Å²) in [4.78, 5) is 20.1. The van der Waals surface area contributed by atoms with Crippen molar-refractivity contribution in [3.8, 4) is 11.4 Å². The summed E-state index contributed by atoms with van der Waals surface area (Å²) < 4.78 is 7.62. The molecule has 0 atom stereocenters. The summed E-state index contributed by atoms with van der Waals surface area (Å²) in [5, 5.41) is 0.626. The van der Waals surface area contributed by atoms with E-state index < -0.39 is 0 Å². The Kier molecular flexibility index (Phi) is 5.72. The SMILES string of the molecule is Cc1nc2ccccc2c(=O)n1-c1cccc(OCCCN2CCCCC2)c1. The Bertz CT molecular complexity index is 1010. The molecule has 1 aromatic heterocycles. The fourth-order valence-electron chi connectivity index (χ4n) is 3.92. The monoisotopic (exact) mass is 377 g/mol. The minimum Gasteiger partial charge on any atom is -0.493 e. The Hall–Kier alpha value is -2.66. The molecule has 3 aromatic rings. The molecule has 5 nitrogen and oxygen atoms in total. The average molecular weight is 377 g/mol. The smallest absolute Gasteiger partial charge is 0.265 e. The molecule has 28 heavy (non-hydrogen) atoms. The van der Waals surface area contributed by atoms with Crippen LogP contribution < -0.4 is 10.3 Å². The van der Waals surface area contributed by atoms with Crippen LogP contribution in [0.3, 0.4) is 0 Å². The first-order chi connectivity index (χ1) is 13.7. The lowest BCUT2D eigenvalue weighted by Gasteiger charge is -2.26. The van der Waals surface area contributed by atoms with Crippen LogP contribution >= 0.6 is 0 Å². The van der Waals surface area contributed by atoms with Crippen LogP contribution in [0.4, 0.5) is 0 Å². The van der Waals surface area contributed by atoms with Crippen molar-refractivity contribution in [3.05, 3.63) is 64.7 Å². The summed E-state index contributed by atoms with van der Waals surface area (Å²) in [6, 6.07) is 15.2. The molecule has 1 saturated heterocycles. The van der Waals surface area contributed by atoms with Gasteiger partial charge in [-0.3, -0.25) is 9.36 Å². The topological polar surface area (TPSA) is 47.4 Å². The van der Waals surface area contributed by atoms with Gasteiger partial charge in [-0.25, -0.2) is 4.98 Å². The van der Waals surface area contributed by atoms with Gasteiger partial charge < -0.3 is 9.64 Å². The van der Waals surface area contributed by atoms with E-state index in [9.17, 15) is 4.79 Å². The molecule has 0 N–H and O–H groups in total. The van der Waals surface area contributed by atoms with Gasteiger partial charge in [-0.05, 0) is 63.5 Å². The standard InChI is InChI=1S/C23H27N3O2/c1-18-24-22-12-4-3-11-21(22)23(27)26(18)19-9-7-10-20(17-19)28-16-8-15-25-13-5-2-6-14-25/h3-4,7,9-12,17H,2,5-6,8,13-16H2,1H3. The number of nitrogens with zero attached hydrogens (tertiary/aromatic N) is 3. The first-order valence-corrected chi connectivity index (χ1v) is 10.2. The molecule has 4 rings (SSSR count). The maximum absolute atomic E-state index is 13.0. The zero-order valence-electron chi connectivity index (χ0n) is 16.4. The molecular weight excluding hydrogens is 350 g/mol. The van der Waals surface area contributed by atoms with Crippen LogP contribution in [-0.2, 0) is 0 Å². The first-order valence-electron chi connectivity index (χ1n) is 10.2. The minimum absolute atomic E-state index is 0.0506. The maximum Gasteiger partial charge on any atom is 0.265 e. The third-order valence-corrected chi connectivity index (χ3v) is 5.36. The molecule has 0 unspecified atom stereocenters. The summed E-state index contributed by atoms with van der Waals surface area (Å²) in [7, 11) is 0. The highest BCUT2D eigenvalue weighted by molar-refractivity contribution is 5.77. The van der Waals surface area contributed by atoms with E-state index in [0.29, 0.717) is 17.8 Å². The molecule has 0 bridgehead atoms. The molecule has 0 aliphatic carbocycles. The third-order valence-electron chi connectivity index (χ3n) is 5.36. The molecule has 5 heteroatoms. The van der Waals surface area contributed by atoms with Gasteiger partial charge in [-0.1, -0.05) is 24.6 Å². The van der Waals surface area contributed by atoms with Crippen LogP contribution in [0, 0.1) is 6.92 Å². The van der Waals surface area contributed by atoms with Gasteiger partial charge in [0, 0.05) is 12.6 Å². The van der Waals surface area contributed by atoms with Crippen molar-refractivity contribution < 1.29 is 4.74 Å². The van der Waals surface area contributed by atoms with Crippen LogP contribution in [0.25, 0.3) is 16.6 Å². The van der Waals surface area contributed by atoms with Crippen molar-refractivity contribution in [2.24, 2.45) is 0 Å². The number of fused-ring (bicyclic) bond motifs is 1. The number of aromatic nitrogens is 2. The van der Waals surface area contributed by atoms with Crippen LogP contribution in [0.2, 0.25) is 0 Å². The number of hydrogen-bond acceptors (Lipinski definition) is 4. The van der Waals surface area contributed by atoms with Gasteiger partial charge in [-0.2, -0.15) is 0 Å². The van der Waals surface area contributed by atoms with Crippen molar-refractivity contribution in [1.29, 1.82) is 0 Å². The minimum atomic E-state index is -0.0506. The van der Waals surface area contributed by atoms with Crippen molar-refractivity contribution in [2.75, 3.05) is 26.2 Å². The predicted molar refractivity (Wildman–Crippen MR) is 112 cm³/mol. The van der Waals surface area contributed by atoms with Gasteiger partial charge >= 0.3 is 0 Å². The average Bonchev–Trinajstić information content (AvgIpc) is 2.72. The zero-order chi connectivity index (χ0) is 19.3. The highest BCUT2D eigenvalue weighted by Gasteiger charge is 2.11. The fraction of sp³-hybridized carbons (Fsp3) is 0.391. The molecule has 2 heterocycles. The van der Waals surface area contributed by atoms with Crippen LogP contribution in [0.15, 0.2) is 53.3 Å². The molecule has 0 radical (unpaired) electrons. The molecule has 1 aliphatic heterocycles. The van der Waals surface area contributed by atoms with Gasteiger partial charge in [0.2, 0.25) is 0 Å². The Morgan fingerprint density at radius 3 is 2.71 bits per heavy atom. The quantitative estimate of drug-likeness (QED) is 0.610. The Morgan fingerprint density at radius 2 is 1.86 bits per heavy atom. The highest BCUT2D eigenvalue weighted by Crippen LogP contribution is 2.18. The summed E-state index contributed by atoms with van der Waals surface area (Å²) in [6.07, 6.45) is 5.01. The van der Waals surface area contributed by atoms with Gasteiger partial charge in [0.15, 0.2) is 0 Å². The van der Waals surface area contributed by atoms with E-state index in [4.69, 9.17) is 4.74 Å². The lowest BCUT2D eigenvalue weighted by molar-refractivity contribution is 0.205. The van der Waals surface area contributed by atoms with E-state index in [-0.39, 0.29) is 5.56 Å². The van der Waals surface area contributed by atoms with Gasteiger partial charge in [-0.15, -0.1) is 0 Å². The maximum atomic E-state index is 13.0. The zero-order valence-corrected chi connectivity index (χ0v) is 16.4. The van der Waals surface area contributed by atoms with E-state index >= 15 is 0 Å².